The number of carboxylic acids is 1. The number of rotatable bonds is 7. The summed E-state index contributed by atoms with van der Waals surface area (Å²) < 4.78 is 10.5. The summed E-state index contributed by atoms with van der Waals surface area (Å²) in [5.74, 6) is 0.341. The average Bonchev–Trinajstić information content (AvgIpc) is 3.15. The van der Waals surface area contributed by atoms with E-state index >= 15 is 0 Å². The van der Waals surface area contributed by atoms with E-state index < -0.39 is 5.97 Å². The van der Waals surface area contributed by atoms with Gasteiger partial charge in [-0.25, -0.2) is 0 Å². The molecule has 0 radical (unpaired) electrons. The van der Waals surface area contributed by atoms with Crippen LogP contribution in [0.2, 0.25) is 0 Å². The number of para-hydroxylation sites is 1. The third-order valence-electron chi connectivity index (χ3n) is 4.82. The van der Waals surface area contributed by atoms with Crippen LogP contribution in [0, 0.1) is 5.92 Å². The first kappa shape index (κ1) is 18.9. The number of carboxylic acid groups (broad SMARTS) is 1. The summed E-state index contributed by atoms with van der Waals surface area (Å²) in [6, 6.07) is 7.42. The lowest BCUT2D eigenvalue weighted by Crippen LogP contribution is -2.38. The molecular weight excluding hydrogens is 350 g/mol. The Hall–Kier alpha value is -2.90. The minimum Gasteiger partial charge on any atom is -0.496 e. The molecule has 1 aromatic carbocycles. The molecule has 0 aliphatic heterocycles. The van der Waals surface area contributed by atoms with Gasteiger partial charge in [0.15, 0.2) is 0 Å². The van der Waals surface area contributed by atoms with Crippen molar-refractivity contribution in [3.63, 3.8) is 0 Å². The molecule has 8 heteroatoms. The van der Waals surface area contributed by atoms with Gasteiger partial charge in [0.05, 0.1) is 18.6 Å². The smallest absolute Gasteiger partial charge is 0.306 e. The maximum Gasteiger partial charge on any atom is 0.306 e. The van der Waals surface area contributed by atoms with Crippen LogP contribution in [0.3, 0.4) is 0 Å². The Morgan fingerprint density at radius 3 is 2.70 bits per heavy atom. The van der Waals surface area contributed by atoms with Crippen LogP contribution in [-0.2, 0) is 16.0 Å². The standard InChI is InChI=1S/C19H23N3O5/c1-26-15-5-3-2-4-14(15)18-21-17(27-22-18)11-10-16(23)20-13-8-6-12(7-9-13)19(24)25/h2-5,12-13H,6-11H2,1H3,(H,20,23)(H,24,25). The molecule has 1 amide bonds. The first-order valence-corrected chi connectivity index (χ1v) is 9.05. The molecule has 0 atom stereocenters. The fourth-order valence-electron chi connectivity index (χ4n) is 3.30. The minimum atomic E-state index is -0.748. The number of carbonyl (C=O) groups is 2. The highest BCUT2D eigenvalue weighted by Crippen LogP contribution is 2.27. The molecular formula is C19H23N3O5. The van der Waals surface area contributed by atoms with Crippen LogP contribution < -0.4 is 10.1 Å². The number of nitrogens with one attached hydrogen (secondary N) is 1. The summed E-state index contributed by atoms with van der Waals surface area (Å²) in [6.45, 7) is 0. The van der Waals surface area contributed by atoms with Gasteiger partial charge >= 0.3 is 5.97 Å². The van der Waals surface area contributed by atoms with Crippen molar-refractivity contribution in [2.45, 2.75) is 44.6 Å². The number of hydrogen-bond donors (Lipinski definition) is 2. The Balaban J connectivity index is 1.49. The van der Waals surface area contributed by atoms with E-state index in [0.717, 1.165) is 5.56 Å². The number of aromatic nitrogens is 2. The van der Waals surface area contributed by atoms with Gasteiger partial charge in [0.25, 0.3) is 0 Å². The number of aryl methyl sites for hydroxylation is 1. The third-order valence-corrected chi connectivity index (χ3v) is 4.82. The van der Waals surface area contributed by atoms with E-state index in [1.807, 2.05) is 24.3 Å². The van der Waals surface area contributed by atoms with Gasteiger partial charge in [-0.3, -0.25) is 9.59 Å². The van der Waals surface area contributed by atoms with Gasteiger partial charge in [-0.15, -0.1) is 0 Å². The van der Waals surface area contributed by atoms with E-state index in [4.69, 9.17) is 14.4 Å². The fraction of sp³-hybridized carbons (Fsp3) is 0.474. The number of benzene rings is 1. The van der Waals surface area contributed by atoms with E-state index in [-0.39, 0.29) is 24.3 Å². The first-order valence-electron chi connectivity index (χ1n) is 9.05. The zero-order chi connectivity index (χ0) is 19.2. The number of carbonyl (C=O) groups excluding carboxylic acids is 1. The molecule has 1 heterocycles. The first-order chi connectivity index (χ1) is 13.1. The Morgan fingerprint density at radius 1 is 1.26 bits per heavy atom. The van der Waals surface area contributed by atoms with E-state index in [2.05, 4.69) is 15.5 Å². The molecule has 1 aromatic heterocycles. The van der Waals surface area contributed by atoms with Crippen LogP contribution in [0.5, 0.6) is 5.75 Å². The molecule has 144 valence electrons. The van der Waals surface area contributed by atoms with Crippen molar-refractivity contribution in [3.8, 4) is 17.1 Å². The normalized spacial score (nSPS) is 19.4. The summed E-state index contributed by atoms with van der Waals surface area (Å²) in [7, 11) is 1.58. The van der Waals surface area contributed by atoms with E-state index in [1.54, 1.807) is 7.11 Å². The highest BCUT2D eigenvalue weighted by molar-refractivity contribution is 5.76. The summed E-state index contributed by atoms with van der Waals surface area (Å²) in [5, 5.41) is 15.9. The maximum atomic E-state index is 12.1. The lowest BCUT2D eigenvalue weighted by molar-refractivity contribution is -0.142. The zero-order valence-corrected chi connectivity index (χ0v) is 15.2. The number of nitrogens with zero attached hydrogens (tertiary/aromatic N) is 2. The van der Waals surface area contributed by atoms with Crippen LogP contribution in [-0.4, -0.2) is 40.3 Å². The number of amides is 1. The van der Waals surface area contributed by atoms with Gasteiger partial charge in [0, 0.05) is 18.9 Å². The second-order valence-electron chi connectivity index (χ2n) is 6.67. The Morgan fingerprint density at radius 2 is 2.00 bits per heavy atom. The van der Waals surface area contributed by atoms with Crippen molar-refractivity contribution in [1.82, 2.24) is 15.5 Å². The van der Waals surface area contributed by atoms with E-state index in [9.17, 15) is 9.59 Å². The maximum absolute atomic E-state index is 12.1. The molecule has 0 spiro atoms. The molecule has 0 saturated heterocycles. The van der Waals surface area contributed by atoms with Gasteiger partial charge in [-0.2, -0.15) is 4.98 Å². The molecule has 2 aromatic rings. The zero-order valence-electron chi connectivity index (χ0n) is 15.2. The van der Waals surface area contributed by atoms with Gasteiger partial charge in [0.1, 0.15) is 5.75 Å². The highest BCUT2D eigenvalue weighted by Gasteiger charge is 2.26. The van der Waals surface area contributed by atoms with Crippen LogP contribution >= 0.6 is 0 Å². The summed E-state index contributed by atoms with van der Waals surface area (Å²) in [5.41, 5.74) is 0.731. The summed E-state index contributed by atoms with van der Waals surface area (Å²) in [6.07, 6.45) is 3.19. The van der Waals surface area contributed by atoms with Crippen molar-refractivity contribution in [3.05, 3.63) is 30.2 Å². The SMILES string of the molecule is COc1ccccc1-c1noc(CCC(=O)NC2CCC(C(=O)O)CC2)n1. The fourth-order valence-corrected chi connectivity index (χ4v) is 3.30. The van der Waals surface area contributed by atoms with Crippen LogP contribution in [0.25, 0.3) is 11.4 Å². The summed E-state index contributed by atoms with van der Waals surface area (Å²) >= 11 is 0. The lowest BCUT2D eigenvalue weighted by atomic mass is 9.86. The Kier molecular flexibility index (Phi) is 6.05. The Labute approximate surface area is 156 Å². The Bertz CT molecular complexity index is 796. The molecule has 8 nitrogen and oxygen atoms in total. The monoisotopic (exact) mass is 373 g/mol. The van der Waals surface area contributed by atoms with E-state index in [1.165, 1.54) is 0 Å². The number of aliphatic carboxylic acids is 1. The minimum absolute atomic E-state index is 0.0416. The van der Waals surface area contributed by atoms with Crippen LogP contribution in [0.1, 0.15) is 38.0 Å². The largest absolute Gasteiger partial charge is 0.496 e. The predicted molar refractivity (Wildman–Crippen MR) is 96.1 cm³/mol. The second kappa shape index (κ2) is 8.66. The van der Waals surface area contributed by atoms with Crippen molar-refractivity contribution in [2.24, 2.45) is 5.92 Å². The number of ether oxygens (including phenoxy) is 1. The number of hydrogen-bond acceptors (Lipinski definition) is 6. The highest BCUT2D eigenvalue weighted by atomic mass is 16.5. The van der Waals surface area contributed by atoms with Gasteiger partial charge < -0.3 is 19.7 Å². The van der Waals surface area contributed by atoms with Crippen LogP contribution in [0.4, 0.5) is 0 Å². The molecule has 1 fully saturated rings. The molecule has 0 bridgehead atoms. The van der Waals surface area contributed by atoms with E-state index in [0.29, 0.717) is 49.6 Å². The molecule has 1 saturated carbocycles. The summed E-state index contributed by atoms with van der Waals surface area (Å²) in [4.78, 5) is 27.4. The predicted octanol–water partition coefficient (Wildman–Crippen LogP) is 2.44. The number of methoxy groups -OCH3 is 1. The molecule has 3 rings (SSSR count). The quantitative estimate of drug-likeness (QED) is 0.766. The molecule has 1 aliphatic rings. The molecule has 27 heavy (non-hydrogen) atoms. The molecule has 1 aliphatic carbocycles. The van der Waals surface area contributed by atoms with Crippen molar-refractivity contribution >= 4 is 11.9 Å². The van der Waals surface area contributed by atoms with Gasteiger partial charge in [-0.1, -0.05) is 17.3 Å². The average molecular weight is 373 g/mol. The molecule has 2 N–H and O–H groups in total. The molecule has 0 unspecified atom stereocenters. The van der Waals surface area contributed by atoms with Crippen molar-refractivity contribution in [1.29, 1.82) is 0 Å². The van der Waals surface area contributed by atoms with Crippen molar-refractivity contribution < 1.29 is 24.0 Å². The van der Waals surface area contributed by atoms with Gasteiger partial charge in [0.2, 0.25) is 17.6 Å². The van der Waals surface area contributed by atoms with Crippen LogP contribution in [0.15, 0.2) is 28.8 Å². The third kappa shape index (κ3) is 4.84. The lowest BCUT2D eigenvalue weighted by Gasteiger charge is -2.26. The van der Waals surface area contributed by atoms with Gasteiger partial charge in [-0.05, 0) is 37.8 Å². The van der Waals surface area contributed by atoms with Crippen molar-refractivity contribution in [2.75, 3.05) is 7.11 Å². The second-order valence-corrected chi connectivity index (χ2v) is 6.67. The topological polar surface area (TPSA) is 115 Å².